The smallest absolute Gasteiger partial charge is 0.166 e. The molecule has 22 heavy (non-hydrogen) atoms. The second kappa shape index (κ2) is 4.65. The van der Waals surface area contributed by atoms with Crippen molar-refractivity contribution in [3.8, 4) is 28.4 Å². The van der Waals surface area contributed by atoms with Crippen LogP contribution in [0.2, 0.25) is 0 Å². The highest BCUT2D eigenvalue weighted by atomic mass is 16.5. The largest absolute Gasteiger partial charge is 0.508 e. The first kappa shape index (κ1) is 13.5. The van der Waals surface area contributed by atoms with Gasteiger partial charge in [0.2, 0.25) is 0 Å². The van der Waals surface area contributed by atoms with Gasteiger partial charge in [-0.1, -0.05) is 6.07 Å². The zero-order valence-electron chi connectivity index (χ0n) is 12.8. The highest BCUT2D eigenvalue weighted by molar-refractivity contribution is 5.83. The number of nitrogens with zero attached hydrogens (tertiary/aromatic N) is 1. The monoisotopic (exact) mass is 297 g/mol. The van der Waals surface area contributed by atoms with E-state index in [1.54, 1.807) is 19.2 Å². The lowest BCUT2D eigenvalue weighted by Crippen LogP contribution is -2.35. The summed E-state index contributed by atoms with van der Waals surface area (Å²) in [5.74, 6) is 0.902. The second-order valence-electron chi connectivity index (χ2n) is 6.17. The van der Waals surface area contributed by atoms with Gasteiger partial charge < -0.3 is 14.9 Å². The van der Waals surface area contributed by atoms with Crippen molar-refractivity contribution in [1.29, 1.82) is 0 Å². The van der Waals surface area contributed by atoms with E-state index in [1.807, 2.05) is 12.1 Å². The molecule has 0 fully saturated rings. The van der Waals surface area contributed by atoms with Crippen LogP contribution in [-0.4, -0.2) is 35.8 Å². The van der Waals surface area contributed by atoms with Crippen LogP contribution in [0.5, 0.6) is 17.2 Å². The molecule has 0 saturated carbocycles. The fourth-order valence-corrected chi connectivity index (χ4v) is 3.85. The zero-order valence-corrected chi connectivity index (χ0v) is 12.8. The van der Waals surface area contributed by atoms with Crippen molar-refractivity contribution in [2.24, 2.45) is 0 Å². The van der Waals surface area contributed by atoms with Crippen LogP contribution in [0.4, 0.5) is 0 Å². The lowest BCUT2D eigenvalue weighted by atomic mass is 9.76. The Morgan fingerprint density at radius 3 is 2.77 bits per heavy atom. The molecule has 1 aliphatic carbocycles. The van der Waals surface area contributed by atoms with Gasteiger partial charge in [0.1, 0.15) is 5.75 Å². The van der Waals surface area contributed by atoms with Crippen LogP contribution < -0.4 is 4.74 Å². The molecule has 0 bridgehead atoms. The van der Waals surface area contributed by atoms with Crippen molar-refractivity contribution in [3.05, 3.63) is 41.0 Å². The average molecular weight is 297 g/mol. The third kappa shape index (κ3) is 1.74. The molecule has 1 unspecified atom stereocenters. The molecule has 4 rings (SSSR count). The van der Waals surface area contributed by atoms with Crippen LogP contribution >= 0.6 is 0 Å². The molecule has 0 radical (unpaired) electrons. The van der Waals surface area contributed by atoms with Crippen LogP contribution in [0.3, 0.4) is 0 Å². The standard InChI is InChI=1S/C18H19NO3/c1-19-6-5-11-8-15(22-2)18(21)17-13-9-12(20)4-3-10(13)7-14(19)16(11)17/h3-4,8-9,14,20-21H,5-7H2,1-2H3. The van der Waals surface area contributed by atoms with E-state index < -0.39 is 0 Å². The first-order chi connectivity index (χ1) is 10.6. The van der Waals surface area contributed by atoms with E-state index in [-0.39, 0.29) is 17.5 Å². The molecular weight excluding hydrogens is 278 g/mol. The van der Waals surface area contributed by atoms with Gasteiger partial charge in [-0.2, -0.15) is 0 Å². The number of aromatic hydroxyl groups is 2. The minimum atomic E-state index is 0.174. The van der Waals surface area contributed by atoms with Crippen molar-refractivity contribution < 1.29 is 14.9 Å². The van der Waals surface area contributed by atoms with E-state index >= 15 is 0 Å². The summed E-state index contributed by atoms with van der Waals surface area (Å²) in [6.07, 6.45) is 1.85. The van der Waals surface area contributed by atoms with Gasteiger partial charge in [-0.05, 0) is 60.3 Å². The molecule has 4 heteroatoms. The molecule has 0 saturated heterocycles. The molecule has 1 atom stereocenters. The SMILES string of the molecule is COc1cc2c3c(c1O)-c1cc(O)ccc1CC3N(C)CC2. The third-order valence-electron chi connectivity index (χ3n) is 4.99. The highest BCUT2D eigenvalue weighted by Crippen LogP contribution is 2.52. The second-order valence-corrected chi connectivity index (χ2v) is 6.17. The summed E-state index contributed by atoms with van der Waals surface area (Å²) >= 11 is 0. The molecule has 114 valence electrons. The maximum absolute atomic E-state index is 10.7. The number of likely N-dealkylation sites (N-methyl/N-ethyl adjacent to an activating group) is 1. The molecule has 0 amide bonds. The Bertz CT molecular complexity index is 769. The molecule has 2 aromatic carbocycles. The average Bonchev–Trinajstić information content (AvgIpc) is 2.52. The van der Waals surface area contributed by atoms with Crippen molar-refractivity contribution in [2.75, 3.05) is 20.7 Å². The van der Waals surface area contributed by atoms with E-state index in [1.165, 1.54) is 11.1 Å². The van der Waals surface area contributed by atoms with Crippen LogP contribution in [0, 0.1) is 0 Å². The Hall–Kier alpha value is -2.20. The fourth-order valence-electron chi connectivity index (χ4n) is 3.85. The van der Waals surface area contributed by atoms with Crippen molar-refractivity contribution >= 4 is 0 Å². The minimum absolute atomic E-state index is 0.174. The lowest BCUT2D eigenvalue weighted by Gasteiger charge is -2.40. The number of rotatable bonds is 1. The number of hydrogen-bond acceptors (Lipinski definition) is 4. The zero-order chi connectivity index (χ0) is 15.4. The van der Waals surface area contributed by atoms with Crippen LogP contribution in [0.15, 0.2) is 24.3 Å². The first-order valence-corrected chi connectivity index (χ1v) is 7.55. The molecule has 2 aliphatic rings. The number of methoxy groups -OCH3 is 1. The van der Waals surface area contributed by atoms with Crippen molar-refractivity contribution in [1.82, 2.24) is 4.90 Å². The number of fused-ring (bicyclic) bond motifs is 2. The summed E-state index contributed by atoms with van der Waals surface area (Å²) in [4.78, 5) is 2.34. The number of benzene rings is 2. The molecule has 1 heterocycles. The number of ether oxygens (including phenoxy) is 1. The van der Waals surface area contributed by atoms with E-state index in [4.69, 9.17) is 4.74 Å². The molecule has 2 N–H and O–H groups in total. The summed E-state index contributed by atoms with van der Waals surface area (Å²) in [6.45, 7) is 0.998. The van der Waals surface area contributed by atoms with Gasteiger partial charge >= 0.3 is 0 Å². The van der Waals surface area contributed by atoms with E-state index in [2.05, 4.69) is 11.9 Å². The van der Waals surface area contributed by atoms with Crippen LogP contribution in [0.25, 0.3) is 11.1 Å². The summed E-state index contributed by atoms with van der Waals surface area (Å²) in [6, 6.07) is 7.64. The van der Waals surface area contributed by atoms with E-state index in [0.29, 0.717) is 5.75 Å². The highest BCUT2D eigenvalue weighted by Gasteiger charge is 2.35. The Morgan fingerprint density at radius 2 is 2.00 bits per heavy atom. The normalized spacial score (nSPS) is 19.5. The lowest BCUT2D eigenvalue weighted by molar-refractivity contribution is 0.227. The maximum atomic E-state index is 10.7. The summed E-state index contributed by atoms with van der Waals surface area (Å²) in [5, 5.41) is 20.6. The molecule has 1 aliphatic heterocycles. The maximum Gasteiger partial charge on any atom is 0.166 e. The Kier molecular flexibility index (Phi) is 2.84. The van der Waals surface area contributed by atoms with Gasteiger partial charge in [0.05, 0.1) is 7.11 Å². The minimum Gasteiger partial charge on any atom is -0.508 e. The van der Waals surface area contributed by atoms with Gasteiger partial charge in [0, 0.05) is 18.2 Å². The quantitative estimate of drug-likeness (QED) is 0.850. The van der Waals surface area contributed by atoms with Gasteiger partial charge in [-0.3, -0.25) is 4.90 Å². The molecular formula is C18H19NO3. The van der Waals surface area contributed by atoms with Gasteiger partial charge in [0.15, 0.2) is 11.5 Å². The number of phenols is 2. The summed E-state index contributed by atoms with van der Waals surface area (Å²) in [7, 11) is 3.71. The predicted octanol–water partition coefficient (Wildman–Crippen LogP) is 2.86. The third-order valence-corrected chi connectivity index (χ3v) is 4.99. The fraction of sp³-hybridized carbons (Fsp3) is 0.333. The van der Waals surface area contributed by atoms with E-state index in [9.17, 15) is 10.2 Å². The predicted molar refractivity (Wildman–Crippen MR) is 84.5 cm³/mol. The number of hydrogen-bond donors (Lipinski definition) is 2. The topological polar surface area (TPSA) is 52.9 Å². The Morgan fingerprint density at radius 1 is 1.18 bits per heavy atom. The van der Waals surface area contributed by atoms with Crippen molar-refractivity contribution in [2.45, 2.75) is 18.9 Å². The van der Waals surface area contributed by atoms with Crippen molar-refractivity contribution in [3.63, 3.8) is 0 Å². The van der Waals surface area contributed by atoms with Crippen LogP contribution in [0.1, 0.15) is 22.7 Å². The Labute approximate surface area is 129 Å². The first-order valence-electron chi connectivity index (χ1n) is 7.55. The van der Waals surface area contributed by atoms with Gasteiger partial charge in [0.25, 0.3) is 0 Å². The van der Waals surface area contributed by atoms with E-state index in [0.717, 1.165) is 36.1 Å². The van der Waals surface area contributed by atoms with Gasteiger partial charge in [-0.25, -0.2) is 0 Å². The molecule has 2 aromatic rings. The summed E-state index contributed by atoms with van der Waals surface area (Å²) < 4.78 is 5.36. The number of phenolic OH excluding ortho intramolecular Hbond substituents is 2. The molecule has 4 nitrogen and oxygen atoms in total. The van der Waals surface area contributed by atoms with Gasteiger partial charge in [-0.15, -0.1) is 0 Å². The molecule has 0 aromatic heterocycles. The molecule has 0 spiro atoms. The summed E-state index contributed by atoms with van der Waals surface area (Å²) in [5.41, 5.74) is 5.31. The van der Waals surface area contributed by atoms with Crippen LogP contribution in [-0.2, 0) is 12.8 Å². The Balaban J connectivity index is 2.08.